The van der Waals surface area contributed by atoms with E-state index < -0.39 is 17.7 Å². The Bertz CT molecular complexity index is 659. The molecule has 0 saturated carbocycles. The van der Waals surface area contributed by atoms with Gasteiger partial charge in [-0.1, -0.05) is 6.07 Å². The van der Waals surface area contributed by atoms with Crippen LogP contribution in [0.25, 0.3) is 0 Å². The molecule has 23 heavy (non-hydrogen) atoms. The van der Waals surface area contributed by atoms with Crippen molar-refractivity contribution in [3.63, 3.8) is 0 Å². The maximum Gasteiger partial charge on any atom is 0.416 e. The van der Waals surface area contributed by atoms with E-state index in [1.165, 1.54) is 17.4 Å². The Morgan fingerprint density at radius 3 is 2.57 bits per heavy atom. The first-order valence-corrected chi connectivity index (χ1v) is 7.44. The van der Waals surface area contributed by atoms with Gasteiger partial charge in [-0.25, -0.2) is 0 Å². The lowest BCUT2D eigenvalue weighted by molar-refractivity contribution is -0.137. The number of anilines is 1. The van der Waals surface area contributed by atoms with Crippen molar-refractivity contribution in [3.05, 3.63) is 51.7 Å². The first-order valence-electron chi connectivity index (χ1n) is 6.56. The number of rotatable bonds is 4. The summed E-state index contributed by atoms with van der Waals surface area (Å²) in [5.74, 6) is -0.791. The monoisotopic (exact) mass is 364 g/mol. The van der Waals surface area contributed by atoms with E-state index >= 15 is 0 Å². The molecule has 1 atom stereocenters. The van der Waals surface area contributed by atoms with Gasteiger partial charge in [-0.2, -0.15) is 13.2 Å². The highest BCUT2D eigenvalue weighted by Gasteiger charge is 2.31. The van der Waals surface area contributed by atoms with Crippen molar-refractivity contribution in [1.29, 1.82) is 0 Å². The zero-order chi connectivity index (χ0) is 16.3. The lowest BCUT2D eigenvalue weighted by atomic mass is 10.1. The van der Waals surface area contributed by atoms with Crippen molar-refractivity contribution in [3.8, 4) is 0 Å². The third kappa shape index (κ3) is 4.95. The van der Waals surface area contributed by atoms with Gasteiger partial charge in [-0.05, 0) is 42.1 Å². The number of nitrogens with two attached hydrogens (primary N) is 1. The molecule has 0 spiro atoms. The van der Waals surface area contributed by atoms with Crippen LogP contribution in [0.4, 0.5) is 18.9 Å². The number of amides is 1. The van der Waals surface area contributed by atoms with Gasteiger partial charge in [0.25, 0.3) is 0 Å². The van der Waals surface area contributed by atoms with E-state index in [0.717, 1.165) is 17.0 Å². The van der Waals surface area contributed by atoms with Crippen LogP contribution in [0.3, 0.4) is 0 Å². The summed E-state index contributed by atoms with van der Waals surface area (Å²) in [6.07, 6.45) is -4.48. The molecule has 1 unspecified atom stereocenters. The molecule has 3 nitrogen and oxygen atoms in total. The molecule has 0 aliphatic rings. The smallest absolute Gasteiger partial charge is 0.326 e. The van der Waals surface area contributed by atoms with E-state index in [0.29, 0.717) is 5.56 Å². The molecule has 0 fully saturated rings. The van der Waals surface area contributed by atoms with E-state index in [9.17, 15) is 18.0 Å². The van der Waals surface area contributed by atoms with Crippen molar-refractivity contribution < 1.29 is 18.0 Å². The summed E-state index contributed by atoms with van der Waals surface area (Å²) in [5.41, 5.74) is 5.01. The highest BCUT2D eigenvalue weighted by atomic mass is 35.5. The van der Waals surface area contributed by atoms with Crippen LogP contribution in [-0.4, -0.2) is 5.91 Å². The second kappa shape index (κ2) is 7.81. The Kier molecular flexibility index (Phi) is 6.61. The van der Waals surface area contributed by atoms with Gasteiger partial charge >= 0.3 is 6.18 Å². The molecule has 1 heterocycles. The zero-order valence-electron chi connectivity index (χ0n) is 12.2. The minimum atomic E-state index is -4.48. The number of hydrogen-bond donors (Lipinski definition) is 2. The van der Waals surface area contributed by atoms with E-state index in [1.807, 2.05) is 17.5 Å². The van der Waals surface area contributed by atoms with Gasteiger partial charge < -0.3 is 11.1 Å². The fourth-order valence-electron chi connectivity index (χ4n) is 1.96. The van der Waals surface area contributed by atoms with Gasteiger partial charge in [-0.15, -0.1) is 23.7 Å². The molecular formula is C15H16ClF3N2OS. The zero-order valence-corrected chi connectivity index (χ0v) is 13.8. The van der Waals surface area contributed by atoms with Crippen molar-refractivity contribution in [2.45, 2.75) is 25.6 Å². The van der Waals surface area contributed by atoms with E-state index in [1.54, 1.807) is 6.92 Å². The third-order valence-corrected chi connectivity index (χ3v) is 4.24. The van der Waals surface area contributed by atoms with Crippen LogP contribution in [-0.2, 0) is 17.5 Å². The van der Waals surface area contributed by atoms with Crippen molar-refractivity contribution in [1.82, 2.24) is 0 Å². The Morgan fingerprint density at radius 2 is 2.04 bits per heavy atom. The van der Waals surface area contributed by atoms with Gasteiger partial charge in [0, 0.05) is 17.1 Å². The molecule has 8 heteroatoms. The predicted octanol–water partition coefficient (Wildman–Crippen LogP) is 4.39. The van der Waals surface area contributed by atoms with Crippen molar-refractivity contribution in [2.24, 2.45) is 5.73 Å². The van der Waals surface area contributed by atoms with Crippen LogP contribution in [0.1, 0.15) is 28.8 Å². The van der Waals surface area contributed by atoms with Crippen LogP contribution < -0.4 is 11.1 Å². The molecule has 1 amide bonds. The van der Waals surface area contributed by atoms with E-state index in [-0.39, 0.29) is 30.5 Å². The van der Waals surface area contributed by atoms with Gasteiger partial charge in [0.15, 0.2) is 0 Å². The second-order valence-electron chi connectivity index (χ2n) is 4.85. The first-order chi connectivity index (χ1) is 10.3. The Balaban J connectivity index is 0.00000264. The summed E-state index contributed by atoms with van der Waals surface area (Å²) >= 11 is 1.42. The predicted molar refractivity (Wildman–Crippen MR) is 87.9 cm³/mol. The number of carbonyl (C=O) groups excluding carboxylic acids is 1. The summed E-state index contributed by atoms with van der Waals surface area (Å²) in [6.45, 7) is 1.67. The maximum absolute atomic E-state index is 12.9. The van der Waals surface area contributed by atoms with Crippen LogP contribution in [0.5, 0.6) is 0 Å². The summed E-state index contributed by atoms with van der Waals surface area (Å²) in [6, 6.07) is 6.98. The molecule has 0 radical (unpaired) electrons. The minimum Gasteiger partial charge on any atom is -0.326 e. The number of halogens is 4. The third-order valence-electron chi connectivity index (χ3n) is 3.19. The van der Waals surface area contributed by atoms with Crippen LogP contribution in [0, 0.1) is 0 Å². The van der Waals surface area contributed by atoms with Crippen LogP contribution >= 0.6 is 23.7 Å². The number of nitrogens with one attached hydrogen (secondary N) is 1. The summed E-state index contributed by atoms with van der Waals surface area (Å²) in [5, 5.41) is 4.37. The second-order valence-corrected chi connectivity index (χ2v) is 5.83. The molecular weight excluding hydrogens is 349 g/mol. The summed E-state index contributed by atoms with van der Waals surface area (Å²) in [7, 11) is 0. The lowest BCUT2D eigenvalue weighted by Gasteiger charge is -2.14. The van der Waals surface area contributed by atoms with Crippen LogP contribution in [0.2, 0.25) is 0 Å². The largest absolute Gasteiger partial charge is 0.416 e. The highest BCUT2D eigenvalue weighted by Crippen LogP contribution is 2.32. The normalized spacial score (nSPS) is 12.4. The fourth-order valence-corrected chi connectivity index (χ4v) is 2.75. The lowest BCUT2D eigenvalue weighted by Crippen LogP contribution is -2.19. The molecule has 3 N–H and O–H groups in total. The molecule has 2 rings (SSSR count). The van der Waals surface area contributed by atoms with Gasteiger partial charge in [-0.3, -0.25) is 4.79 Å². The Morgan fingerprint density at radius 1 is 1.35 bits per heavy atom. The topological polar surface area (TPSA) is 55.1 Å². The first kappa shape index (κ1) is 19.5. The average Bonchev–Trinajstić information content (AvgIpc) is 2.99. The van der Waals surface area contributed by atoms with Crippen molar-refractivity contribution >= 4 is 35.3 Å². The molecule has 0 bridgehead atoms. The molecule has 0 aliphatic carbocycles. The number of carbonyl (C=O) groups is 1. The molecule has 0 aliphatic heterocycles. The average molecular weight is 365 g/mol. The molecule has 2 aromatic rings. The Labute approximate surface area is 142 Å². The van der Waals surface area contributed by atoms with Crippen LogP contribution in [0.15, 0.2) is 35.7 Å². The summed E-state index contributed by atoms with van der Waals surface area (Å²) < 4.78 is 38.6. The summed E-state index contributed by atoms with van der Waals surface area (Å²) in [4.78, 5) is 13.0. The van der Waals surface area contributed by atoms with E-state index in [2.05, 4.69) is 5.32 Å². The minimum absolute atomic E-state index is 0. The van der Waals surface area contributed by atoms with Gasteiger partial charge in [0.05, 0.1) is 11.5 Å². The number of thiophene rings is 1. The van der Waals surface area contributed by atoms with Gasteiger partial charge in [0.2, 0.25) is 5.91 Å². The molecule has 126 valence electrons. The quantitative estimate of drug-likeness (QED) is 0.845. The van der Waals surface area contributed by atoms with Crippen molar-refractivity contribution in [2.75, 3.05) is 5.32 Å². The molecule has 1 aromatic carbocycles. The standard InChI is InChI=1S/C15H15F3N2OS.ClH/c1-9(13-3-2-4-22-13)14(21)20-12-6-10(8-19)5-11(7-12)15(16,17)18;/h2-7,9H,8,19H2,1H3,(H,20,21);1H. The fraction of sp³-hybridized carbons (Fsp3) is 0.267. The maximum atomic E-state index is 12.9. The number of alkyl halides is 3. The SMILES string of the molecule is CC(C(=O)Nc1cc(CN)cc(C(F)(F)F)c1)c1cccs1.Cl. The Hall–Kier alpha value is -1.57. The molecule has 1 aromatic heterocycles. The van der Waals surface area contributed by atoms with Gasteiger partial charge in [0.1, 0.15) is 0 Å². The molecule has 0 saturated heterocycles. The number of hydrogen-bond acceptors (Lipinski definition) is 3. The highest BCUT2D eigenvalue weighted by molar-refractivity contribution is 7.10. The van der Waals surface area contributed by atoms with E-state index in [4.69, 9.17) is 5.73 Å². The number of benzene rings is 1.